The van der Waals surface area contributed by atoms with Crippen molar-refractivity contribution in [3.8, 4) is 5.75 Å². The molecule has 0 aliphatic heterocycles. The van der Waals surface area contributed by atoms with Crippen molar-refractivity contribution in [1.29, 1.82) is 0 Å². The van der Waals surface area contributed by atoms with E-state index < -0.39 is 6.04 Å². The summed E-state index contributed by atoms with van der Waals surface area (Å²) in [5, 5.41) is 4.65. The van der Waals surface area contributed by atoms with Crippen LogP contribution in [-0.4, -0.2) is 35.4 Å². The zero-order valence-electron chi connectivity index (χ0n) is 21.0. The molecule has 1 fully saturated rings. The van der Waals surface area contributed by atoms with Crippen LogP contribution in [0.1, 0.15) is 43.2 Å². The quantitative estimate of drug-likeness (QED) is 0.281. The van der Waals surface area contributed by atoms with E-state index in [1.54, 1.807) is 42.5 Å². The van der Waals surface area contributed by atoms with Crippen molar-refractivity contribution >= 4 is 46.6 Å². The van der Waals surface area contributed by atoms with Crippen molar-refractivity contribution in [2.45, 2.75) is 57.2 Å². The number of nitrogens with one attached hydrogen (secondary N) is 1. The minimum atomic E-state index is -0.784. The predicted octanol–water partition coefficient (Wildman–Crippen LogP) is 7.11. The fourth-order valence-electron chi connectivity index (χ4n) is 4.71. The van der Waals surface area contributed by atoms with Gasteiger partial charge in [-0.25, -0.2) is 0 Å². The smallest absolute Gasteiger partial charge is 0.261 e. The monoisotopic (exact) mass is 572 g/mol. The number of hydrogen-bond acceptors (Lipinski definition) is 3. The zero-order chi connectivity index (χ0) is 26.9. The molecule has 5 nitrogen and oxygen atoms in total. The summed E-state index contributed by atoms with van der Waals surface area (Å²) >= 11 is 19.0. The van der Waals surface area contributed by atoms with Crippen LogP contribution < -0.4 is 10.1 Å². The van der Waals surface area contributed by atoms with Gasteiger partial charge in [0.05, 0.1) is 0 Å². The van der Waals surface area contributed by atoms with E-state index in [1.807, 2.05) is 30.3 Å². The molecule has 0 aromatic heterocycles. The van der Waals surface area contributed by atoms with Crippen LogP contribution in [0.3, 0.4) is 0 Å². The molecule has 0 bridgehead atoms. The molecule has 0 heterocycles. The van der Waals surface area contributed by atoms with Gasteiger partial charge in [0, 0.05) is 39.6 Å². The first-order valence-corrected chi connectivity index (χ1v) is 14.0. The summed E-state index contributed by atoms with van der Waals surface area (Å²) in [5.41, 5.74) is 1.53. The zero-order valence-corrected chi connectivity index (χ0v) is 23.3. The highest BCUT2D eigenvalue weighted by Crippen LogP contribution is 2.28. The lowest BCUT2D eigenvalue weighted by Crippen LogP contribution is -2.53. The molecular weight excluding hydrogens is 543 g/mol. The Morgan fingerprint density at radius 3 is 2.18 bits per heavy atom. The predicted molar refractivity (Wildman–Crippen MR) is 153 cm³/mol. The summed E-state index contributed by atoms with van der Waals surface area (Å²) in [6, 6.07) is 21.0. The van der Waals surface area contributed by atoms with E-state index in [0.29, 0.717) is 32.8 Å². The van der Waals surface area contributed by atoms with E-state index in [2.05, 4.69) is 5.32 Å². The highest BCUT2D eigenvalue weighted by molar-refractivity contribution is 6.36. The minimum absolute atomic E-state index is 0.0664. The molecule has 1 atom stereocenters. The number of carbonyl (C=O) groups excluding carboxylic acids is 2. The van der Waals surface area contributed by atoms with Gasteiger partial charge in [0.2, 0.25) is 5.91 Å². The number of hydrogen-bond donors (Lipinski definition) is 1. The van der Waals surface area contributed by atoms with Crippen molar-refractivity contribution in [3.05, 3.63) is 99.0 Å². The highest BCUT2D eigenvalue weighted by atomic mass is 35.5. The van der Waals surface area contributed by atoms with Crippen LogP contribution in [0.5, 0.6) is 5.75 Å². The van der Waals surface area contributed by atoms with Crippen molar-refractivity contribution in [2.24, 2.45) is 0 Å². The van der Waals surface area contributed by atoms with E-state index in [0.717, 1.165) is 31.2 Å². The standard InChI is InChI=1S/C30H31Cl3N2O3/c31-22-14-16-24(17-15-22)38-20-29(36)35(19-25-26(32)12-7-13-27(25)33)28(18-21-8-3-1-4-9-21)30(37)34-23-10-5-2-6-11-23/h1,3-4,7-9,12-17,23,28H,2,5-6,10-11,18-20H2,(H,34,37)/t28-/m1/s1. The maximum Gasteiger partial charge on any atom is 0.261 e. The van der Waals surface area contributed by atoms with E-state index in [4.69, 9.17) is 39.5 Å². The Morgan fingerprint density at radius 2 is 1.53 bits per heavy atom. The average molecular weight is 574 g/mol. The van der Waals surface area contributed by atoms with Crippen molar-refractivity contribution < 1.29 is 14.3 Å². The van der Waals surface area contributed by atoms with E-state index in [-0.39, 0.29) is 31.0 Å². The molecule has 0 saturated heterocycles. The lowest BCUT2D eigenvalue weighted by molar-refractivity contribution is -0.143. The SMILES string of the molecule is O=C(NC1CCCCC1)[C@@H](Cc1ccccc1)N(Cc1c(Cl)cccc1Cl)C(=O)COc1ccc(Cl)cc1. The number of nitrogens with zero attached hydrogens (tertiary/aromatic N) is 1. The van der Waals surface area contributed by atoms with Gasteiger partial charge in [-0.2, -0.15) is 0 Å². The summed E-state index contributed by atoms with van der Waals surface area (Å²) in [6.45, 7) is -0.192. The molecule has 0 unspecified atom stereocenters. The molecule has 1 N–H and O–H groups in total. The van der Waals surface area contributed by atoms with Crippen molar-refractivity contribution in [2.75, 3.05) is 6.61 Å². The number of halogens is 3. The molecule has 3 aromatic carbocycles. The molecule has 2 amide bonds. The van der Waals surface area contributed by atoms with Crippen molar-refractivity contribution in [3.63, 3.8) is 0 Å². The van der Waals surface area contributed by atoms with Crippen LogP contribution in [0.4, 0.5) is 0 Å². The molecule has 0 radical (unpaired) electrons. The third-order valence-corrected chi connectivity index (χ3v) is 7.75. The number of ether oxygens (including phenoxy) is 1. The van der Waals surface area contributed by atoms with E-state index in [1.165, 1.54) is 11.3 Å². The molecule has 1 aliphatic rings. The first-order chi connectivity index (χ1) is 18.4. The summed E-state index contributed by atoms with van der Waals surface area (Å²) < 4.78 is 5.78. The number of carbonyl (C=O) groups is 2. The van der Waals surface area contributed by atoms with Gasteiger partial charge in [0.15, 0.2) is 6.61 Å². The second-order valence-corrected chi connectivity index (χ2v) is 10.8. The first-order valence-electron chi connectivity index (χ1n) is 12.9. The third kappa shape index (κ3) is 7.89. The number of benzene rings is 3. The average Bonchev–Trinajstić information content (AvgIpc) is 2.92. The summed E-state index contributed by atoms with van der Waals surface area (Å²) in [6.07, 6.45) is 5.56. The first kappa shape index (κ1) is 28.3. The third-order valence-electron chi connectivity index (χ3n) is 6.79. The van der Waals surface area contributed by atoms with Crippen LogP contribution >= 0.6 is 34.8 Å². The number of rotatable bonds is 10. The Labute approximate surface area is 239 Å². The molecule has 38 heavy (non-hydrogen) atoms. The fraction of sp³-hybridized carbons (Fsp3) is 0.333. The molecule has 1 saturated carbocycles. The maximum absolute atomic E-state index is 13.8. The van der Waals surface area contributed by atoms with Gasteiger partial charge in [0.25, 0.3) is 5.91 Å². The van der Waals surface area contributed by atoms with Crippen LogP contribution in [0.2, 0.25) is 15.1 Å². The topological polar surface area (TPSA) is 58.6 Å². The van der Waals surface area contributed by atoms with Gasteiger partial charge in [-0.15, -0.1) is 0 Å². The lowest BCUT2D eigenvalue weighted by Gasteiger charge is -2.33. The van der Waals surface area contributed by atoms with E-state index >= 15 is 0 Å². The van der Waals surface area contributed by atoms with Gasteiger partial charge in [-0.3, -0.25) is 9.59 Å². The fourth-order valence-corrected chi connectivity index (χ4v) is 5.35. The normalized spacial score (nSPS) is 14.5. The van der Waals surface area contributed by atoms with Gasteiger partial charge < -0.3 is 15.0 Å². The largest absolute Gasteiger partial charge is 0.484 e. The van der Waals surface area contributed by atoms with Crippen LogP contribution in [0.15, 0.2) is 72.8 Å². The van der Waals surface area contributed by atoms with Gasteiger partial charge in [-0.1, -0.05) is 90.5 Å². The van der Waals surface area contributed by atoms with E-state index in [9.17, 15) is 9.59 Å². The van der Waals surface area contributed by atoms with Crippen LogP contribution in [0, 0.1) is 0 Å². The summed E-state index contributed by atoms with van der Waals surface area (Å²) in [4.78, 5) is 29.1. The molecule has 4 rings (SSSR count). The second-order valence-electron chi connectivity index (χ2n) is 9.51. The van der Waals surface area contributed by atoms with Crippen LogP contribution in [0.25, 0.3) is 0 Å². The summed E-state index contributed by atoms with van der Waals surface area (Å²) in [5.74, 6) is -0.0378. The Bertz CT molecular complexity index is 1190. The van der Waals surface area contributed by atoms with Gasteiger partial charge in [0.1, 0.15) is 11.8 Å². The lowest BCUT2D eigenvalue weighted by atomic mass is 9.94. The Kier molecular flexibility index (Phi) is 10.3. The molecule has 0 spiro atoms. The van der Waals surface area contributed by atoms with Gasteiger partial charge in [-0.05, 0) is 54.8 Å². The minimum Gasteiger partial charge on any atom is -0.484 e. The molecule has 8 heteroatoms. The molecule has 1 aliphatic carbocycles. The van der Waals surface area contributed by atoms with Gasteiger partial charge >= 0.3 is 0 Å². The maximum atomic E-state index is 13.8. The van der Waals surface area contributed by atoms with Crippen molar-refractivity contribution in [1.82, 2.24) is 10.2 Å². The van der Waals surface area contributed by atoms with Crippen LogP contribution in [-0.2, 0) is 22.6 Å². The molecule has 200 valence electrons. The summed E-state index contributed by atoms with van der Waals surface area (Å²) in [7, 11) is 0. The second kappa shape index (κ2) is 13.9. The Hall–Kier alpha value is -2.73. The Balaban J connectivity index is 1.64. The molecule has 3 aromatic rings. The molecular formula is C30H31Cl3N2O3. The number of amides is 2. The highest BCUT2D eigenvalue weighted by Gasteiger charge is 2.33. The Morgan fingerprint density at radius 1 is 0.868 bits per heavy atom.